The molecule has 0 bridgehead atoms. The van der Waals surface area contributed by atoms with Crippen molar-refractivity contribution < 1.29 is 0 Å². The standard InChI is InChI=1S/C21H24Cl2N2/c1-12-10-13(2)18(14(3)11-12)20-15(6-4-5-9-24)19-16(22)7-8-17(23)21(19)25-20/h7-8,10-11,25H,4-6,9,24H2,1-3H3. The minimum Gasteiger partial charge on any atom is -0.353 e. The van der Waals surface area contributed by atoms with Crippen LogP contribution in [0.2, 0.25) is 10.0 Å². The van der Waals surface area contributed by atoms with E-state index in [-0.39, 0.29) is 0 Å². The van der Waals surface area contributed by atoms with Crippen LogP contribution in [-0.2, 0) is 6.42 Å². The molecule has 1 aromatic heterocycles. The van der Waals surface area contributed by atoms with Crippen molar-refractivity contribution in [2.45, 2.75) is 40.0 Å². The summed E-state index contributed by atoms with van der Waals surface area (Å²) in [4.78, 5) is 3.57. The zero-order valence-electron chi connectivity index (χ0n) is 15.0. The van der Waals surface area contributed by atoms with Gasteiger partial charge in [-0.1, -0.05) is 40.9 Å². The first kappa shape index (κ1) is 18.3. The van der Waals surface area contributed by atoms with Crippen LogP contribution in [0.3, 0.4) is 0 Å². The third kappa shape index (κ3) is 3.44. The van der Waals surface area contributed by atoms with E-state index in [1.54, 1.807) is 0 Å². The molecule has 3 N–H and O–H groups in total. The molecule has 2 aromatic carbocycles. The first-order chi connectivity index (χ1) is 11.9. The van der Waals surface area contributed by atoms with E-state index < -0.39 is 0 Å². The second kappa shape index (κ2) is 7.41. The van der Waals surface area contributed by atoms with Crippen LogP contribution >= 0.6 is 23.2 Å². The number of fused-ring (bicyclic) bond motifs is 1. The maximum Gasteiger partial charge on any atom is 0.0666 e. The molecule has 0 atom stereocenters. The van der Waals surface area contributed by atoms with Crippen LogP contribution in [0.4, 0.5) is 0 Å². The van der Waals surface area contributed by atoms with Crippen molar-refractivity contribution in [3.8, 4) is 11.3 Å². The second-order valence-electron chi connectivity index (χ2n) is 6.78. The fourth-order valence-electron chi connectivity index (χ4n) is 3.78. The van der Waals surface area contributed by atoms with Gasteiger partial charge in [-0.05, 0) is 75.4 Å². The largest absolute Gasteiger partial charge is 0.353 e. The Morgan fingerprint density at radius 1 is 0.960 bits per heavy atom. The Hall–Kier alpha value is -1.48. The average Bonchev–Trinajstić information content (AvgIpc) is 2.91. The van der Waals surface area contributed by atoms with Gasteiger partial charge in [-0.15, -0.1) is 0 Å². The average molecular weight is 375 g/mol. The number of aromatic nitrogens is 1. The van der Waals surface area contributed by atoms with E-state index in [9.17, 15) is 0 Å². The van der Waals surface area contributed by atoms with Gasteiger partial charge in [0.2, 0.25) is 0 Å². The monoisotopic (exact) mass is 374 g/mol. The molecule has 0 aliphatic rings. The molecule has 0 aliphatic heterocycles. The van der Waals surface area contributed by atoms with E-state index in [4.69, 9.17) is 28.9 Å². The topological polar surface area (TPSA) is 41.8 Å². The van der Waals surface area contributed by atoms with Crippen LogP contribution in [0, 0.1) is 20.8 Å². The number of unbranched alkanes of at least 4 members (excludes halogenated alkanes) is 1. The van der Waals surface area contributed by atoms with Crippen molar-refractivity contribution in [1.82, 2.24) is 4.98 Å². The Balaban J connectivity index is 2.29. The summed E-state index contributed by atoms with van der Waals surface area (Å²) in [5.74, 6) is 0. The Labute approximate surface area is 159 Å². The number of halogens is 2. The predicted octanol–water partition coefficient (Wildman–Crippen LogP) is 6.35. The molecule has 0 fully saturated rings. The summed E-state index contributed by atoms with van der Waals surface area (Å²) in [6.45, 7) is 7.15. The molecular formula is C21H24Cl2N2. The van der Waals surface area contributed by atoms with Gasteiger partial charge in [-0.2, -0.15) is 0 Å². The Morgan fingerprint density at radius 3 is 2.24 bits per heavy atom. The lowest BCUT2D eigenvalue weighted by Crippen LogP contribution is -2.00. The number of hydrogen-bond donors (Lipinski definition) is 2. The van der Waals surface area contributed by atoms with Crippen molar-refractivity contribution in [2.24, 2.45) is 5.73 Å². The summed E-state index contributed by atoms with van der Waals surface area (Å²) < 4.78 is 0. The summed E-state index contributed by atoms with van der Waals surface area (Å²) in [5, 5.41) is 2.49. The number of benzene rings is 2. The van der Waals surface area contributed by atoms with Crippen LogP contribution in [0.1, 0.15) is 35.1 Å². The Bertz CT molecular complexity index is 902. The van der Waals surface area contributed by atoms with Crippen molar-refractivity contribution in [2.75, 3.05) is 6.54 Å². The zero-order chi connectivity index (χ0) is 18.1. The van der Waals surface area contributed by atoms with Gasteiger partial charge in [0.05, 0.1) is 21.3 Å². The van der Waals surface area contributed by atoms with E-state index >= 15 is 0 Å². The first-order valence-corrected chi connectivity index (χ1v) is 9.46. The molecule has 0 unspecified atom stereocenters. The number of H-pyrrole nitrogens is 1. The third-order valence-electron chi connectivity index (χ3n) is 4.77. The van der Waals surface area contributed by atoms with E-state index in [0.717, 1.165) is 40.9 Å². The molecule has 0 amide bonds. The molecule has 0 radical (unpaired) electrons. The van der Waals surface area contributed by atoms with Crippen LogP contribution < -0.4 is 5.73 Å². The number of hydrogen-bond acceptors (Lipinski definition) is 1. The quantitative estimate of drug-likeness (QED) is 0.502. The highest BCUT2D eigenvalue weighted by atomic mass is 35.5. The number of rotatable bonds is 5. The first-order valence-electron chi connectivity index (χ1n) is 8.71. The van der Waals surface area contributed by atoms with Gasteiger partial charge in [0, 0.05) is 10.9 Å². The second-order valence-corrected chi connectivity index (χ2v) is 7.59. The SMILES string of the molecule is Cc1cc(C)c(-c2[nH]c3c(Cl)ccc(Cl)c3c2CCCCN)c(C)c1. The summed E-state index contributed by atoms with van der Waals surface area (Å²) in [5.41, 5.74) is 14.0. The number of aryl methyl sites for hydroxylation is 4. The fourth-order valence-corrected chi connectivity index (χ4v) is 4.25. The van der Waals surface area contributed by atoms with Gasteiger partial charge < -0.3 is 10.7 Å². The van der Waals surface area contributed by atoms with Gasteiger partial charge in [0.25, 0.3) is 0 Å². The molecule has 1 heterocycles. The number of nitrogens with two attached hydrogens (primary N) is 1. The van der Waals surface area contributed by atoms with Crippen LogP contribution in [-0.4, -0.2) is 11.5 Å². The van der Waals surface area contributed by atoms with Crippen molar-refractivity contribution in [3.05, 3.63) is 56.6 Å². The van der Waals surface area contributed by atoms with E-state index in [1.165, 1.54) is 27.8 Å². The van der Waals surface area contributed by atoms with Crippen LogP contribution in [0.15, 0.2) is 24.3 Å². The van der Waals surface area contributed by atoms with Gasteiger partial charge in [-0.3, -0.25) is 0 Å². The van der Waals surface area contributed by atoms with E-state index in [0.29, 0.717) is 11.6 Å². The van der Waals surface area contributed by atoms with Gasteiger partial charge in [-0.25, -0.2) is 0 Å². The predicted molar refractivity (Wildman–Crippen MR) is 110 cm³/mol. The summed E-state index contributed by atoms with van der Waals surface area (Å²) in [7, 11) is 0. The maximum absolute atomic E-state index is 6.55. The molecule has 0 saturated carbocycles. The molecule has 4 heteroatoms. The van der Waals surface area contributed by atoms with Crippen molar-refractivity contribution in [1.29, 1.82) is 0 Å². The molecule has 0 spiro atoms. The van der Waals surface area contributed by atoms with Crippen LogP contribution in [0.25, 0.3) is 22.2 Å². The molecule has 0 aliphatic carbocycles. The summed E-state index contributed by atoms with van der Waals surface area (Å²) in [6.07, 6.45) is 2.96. The lowest BCUT2D eigenvalue weighted by molar-refractivity contribution is 0.748. The highest BCUT2D eigenvalue weighted by Crippen LogP contribution is 2.40. The van der Waals surface area contributed by atoms with E-state index in [1.807, 2.05) is 12.1 Å². The normalized spacial score (nSPS) is 11.4. The lowest BCUT2D eigenvalue weighted by atomic mass is 9.93. The Kier molecular flexibility index (Phi) is 5.43. The molecule has 132 valence electrons. The van der Waals surface area contributed by atoms with Gasteiger partial charge >= 0.3 is 0 Å². The molecule has 25 heavy (non-hydrogen) atoms. The third-order valence-corrected chi connectivity index (χ3v) is 5.40. The van der Waals surface area contributed by atoms with Crippen LogP contribution in [0.5, 0.6) is 0 Å². The fraction of sp³-hybridized carbons (Fsp3) is 0.333. The highest BCUT2D eigenvalue weighted by Gasteiger charge is 2.19. The molecule has 3 aromatic rings. The minimum absolute atomic E-state index is 0.702. The van der Waals surface area contributed by atoms with Crippen molar-refractivity contribution in [3.63, 3.8) is 0 Å². The van der Waals surface area contributed by atoms with Gasteiger partial charge in [0.15, 0.2) is 0 Å². The molecular weight excluding hydrogens is 351 g/mol. The number of nitrogens with one attached hydrogen (secondary N) is 1. The van der Waals surface area contributed by atoms with Gasteiger partial charge in [0.1, 0.15) is 0 Å². The highest BCUT2D eigenvalue weighted by molar-refractivity contribution is 6.40. The molecule has 2 nitrogen and oxygen atoms in total. The Morgan fingerprint density at radius 2 is 1.60 bits per heavy atom. The maximum atomic E-state index is 6.55. The smallest absolute Gasteiger partial charge is 0.0666 e. The minimum atomic E-state index is 0.702. The zero-order valence-corrected chi connectivity index (χ0v) is 16.5. The van der Waals surface area contributed by atoms with Crippen molar-refractivity contribution >= 4 is 34.1 Å². The summed E-state index contributed by atoms with van der Waals surface area (Å²) >= 11 is 13.0. The number of aromatic amines is 1. The molecule has 3 rings (SSSR count). The summed E-state index contributed by atoms with van der Waals surface area (Å²) in [6, 6.07) is 8.18. The van der Waals surface area contributed by atoms with E-state index in [2.05, 4.69) is 37.9 Å². The lowest BCUT2D eigenvalue weighted by Gasteiger charge is -2.13. The molecule has 0 saturated heterocycles.